The summed E-state index contributed by atoms with van der Waals surface area (Å²) in [5, 5.41) is 9.83. The van der Waals surface area contributed by atoms with E-state index in [1.54, 1.807) is 6.08 Å². The minimum atomic E-state index is -0.843. The largest absolute Gasteiger partial charge is 0.384 e. The summed E-state index contributed by atoms with van der Waals surface area (Å²) in [6.07, 6.45) is 8.12. The van der Waals surface area contributed by atoms with Gasteiger partial charge in [0.1, 0.15) is 5.60 Å². The van der Waals surface area contributed by atoms with Gasteiger partial charge in [-0.05, 0) is 12.3 Å². The summed E-state index contributed by atoms with van der Waals surface area (Å²) in [6, 6.07) is 0. The molecule has 0 aromatic carbocycles. The zero-order valence-corrected chi connectivity index (χ0v) is 8.25. The zero-order chi connectivity index (χ0) is 9.19. The van der Waals surface area contributed by atoms with Gasteiger partial charge < -0.3 is 5.11 Å². The first kappa shape index (κ1) is 9.82. The van der Waals surface area contributed by atoms with Gasteiger partial charge in [0.2, 0.25) is 0 Å². The Kier molecular flexibility index (Phi) is 2.97. The van der Waals surface area contributed by atoms with Crippen molar-refractivity contribution in [3.63, 3.8) is 0 Å². The van der Waals surface area contributed by atoms with Gasteiger partial charge in [0.05, 0.1) is 5.38 Å². The molecule has 0 saturated heterocycles. The number of rotatable bonds is 2. The van der Waals surface area contributed by atoms with E-state index >= 15 is 0 Å². The van der Waals surface area contributed by atoms with Crippen molar-refractivity contribution in [1.29, 1.82) is 0 Å². The highest BCUT2D eigenvalue weighted by Crippen LogP contribution is 2.30. The van der Waals surface area contributed by atoms with Crippen molar-refractivity contribution < 1.29 is 5.11 Å². The van der Waals surface area contributed by atoms with Crippen LogP contribution in [-0.2, 0) is 0 Å². The Labute approximate surface area is 78.7 Å². The summed E-state index contributed by atoms with van der Waals surface area (Å²) in [7, 11) is 0. The first-order valence-corrected chi connectivity index (χ1v) is 4.71. The number of hydrogen-bond donors (Lipinski definition) is 1. The van der Waals surface area contributed by atoms with Crippen LogP contribution in [0.3, 0.4) is 0 Å². The maximum absolute atomic E-state index is 10.0. The van der Waals surface area contributed by atoms with Crippen LogP contribution in [0, 0.1) is 5.92 Å². The van der Waals surface area contributed by atoms with E-state index in [-0.39, 0.29) is 11.3 Å². The number of allylic oxidation sites excluding steroid dienone is 2. The SMILES string of the molecule is CC(C)C(Cl)C1(O)C=CC=CC1. The quantitative estimate of drug-likeness (QED) is 0.658. The van der Waals surface area contributed by atoms with Crippen molar-refractivity contribution in [2.45, 2.75) is 31.2 Å². The van der Waals surface area contributed by atoms with Crippen molar-refractivity contribution in [2.75, 3.05) is 0 Å². The second-order valence-corrected chi connectivity index (χ2v) is 4.10. The van der Waals surface area contributed by atoms with Gasteiger partial charge >= 0.3 is 0 Å². The number of alkyl halides is 1. The van der Waals surface area contributed by atoms with Crippen molar-refractivity contribution in [2.24, 2.45) is 5.92 Å². The summed E-state index contributed by atoms with van der Waals surface area (Å²) in [4.78, 5) is 0. The molecule has 0 saturated carbocycles. The molecule has 1 rings (SSSR count). The Hall–Kier alpha value is -0.270. The highest BCUT2D eigenvalue weighted by Gasteiger charge is 2.34. The first-order chi connectivity index (χ1) is 5.56. The summed E-state index contributed by atoms with van der Waals surface area (Å²) in [6.45, 7) is 4.03. The van der Waals surface area contributed by atoms with Crippen molar-refractivity contribution in [3.05, 3.63) is 24.3 Å². The Morgan fingerprint density at radius 2 is 2.08 bits per heavy atom. The number of aliphatic hydroxyl groups is 1. The average molecular weight is 187 g/mol. The van der Waals surface area contributed by atoms with Gasteiger partial charge in [-0.1, -0.05) is 38.2 Å². The minimum absolute atomic E-state index is 0.210. The predicted molar refractivity (Wildman–Crippen MR) is 52.3 cm³/mol. The molecule has 0 aromatic rings. The van der Waals surface area contributed by atoms with Gasteiger partial charge in [0, 0.05) is 0 Å². The summed E-state index contributed by atoms with van der Waals surface area (Å²) >= 11 is 6.10. The predicted octanol–water partition coefficient (Wildman–Crippen LogP) is 2.50. The fourth-order valence-corrected chi connectivity index (χ4v) is 1.57. The molecule has 1 aliphatic carbocycles. The van der Waals surface area contributed by atoms with Gasteiger partial charge in [0.25, 0.3) is 0 Å². The van der Waals surface area contributed by atoms with Crippen molar-refractivity contribution in [3.8, 4) is 0 Å². The minimum Gasteiger partial charge on any atom is -0.384 e. The Morgan fingerprint density at radius 3 is 2.50 bits per heavy atom. The Balaban J connectivity index is 2.72. The van der Waals surface area contributed by atoms with Gasteiger partial charge in [-0.25, -0.2) is 0 Å². The third-order valence-corrected chi connectivity index (χ3v) is 3.02. The monoisotopic (exact) mass is 186 g/mol. The molecule has 1 aliphatic rings. The van der Waals surface area contributed by atoms with E-state index < -0.39 is 5.60 Å². The summed E-state index contributed by atoms with van der Waals surface area (Å²) < 4.78 is 0. The van der Waals surface area contributed by atoms with Crippen LogP contribution in [0.4, 0.5) is 0 Å². The van der Waals surface area contributed by atoms with Crippen LogP contribution in [0.1, 0.15) is 20.3 Å². The van der Waals surface area contributed by atoms with Crippen LogP contribution in [0.2, 0.25) is 0 Å². The molecule has 2 atom stereocenters. The van der Waals surface area contributed by atoms with Crippen molar-refractivity contribution >= 4 is 11.6 Å². The molecule has 2 heteroatoms. The van der Waals surface area contributed by atoms with Gasteiger partial charge in [0.15, 0.2) is 0 Å². The summed E-state index contributed by atoms with van der Waals surface area (Å²) in [5.41, 5.74) is -0.843. The van der Waals surface area contributed by atoms with Crippen LogP contribution in [-0.4, -0.2) is 16.1 Å². The molecule has 0 radical (unpaired) electrons. The molecule has 0 amide bonds. The molecule has 0 aromatic heterocycles. The normalized spacial score (nSPS) is 31.1. The van der Waals surface area contributed by atoms with Crippen LogP contribution < -0.4 is 0 Å². The molecule has 0 spiro atoms. The lowest BCUT2D eigenvalue weighted by atomic mass is 9.86. The Morgan fingerprint density at radius 1 is 1.42 bits per heavy atom. The zero-order valence-electron chi connectivity index (χ0n) is 7.50. The number of hydrogen-bond acceptors (Lipinski definition) is 1. The van der Waals surface area contributed by atoms with E-state index in [2.05, 4.69) is 0 Å². The van der Waals surface area contributed by atoms with E-state index in [1.807, 2.05) is 32.1 Å². The maximum atomic E-state index is 10.0. The molecule has 0 bridgehead atoms. The summed E-state index contributed by atoms with van der Waals surface area (Å²) in [5.74, 6) is 0.285. The van der Waals surface area contributed by atoms with E-state index in [0.29, 0.717) is 6.42 Å². The molecule has 0 fully saturated rings. The molecule has 68 valence electrons. The molecule has 2 unspecified atom stereocenters. The van der Waals surface area contributed by atoms with Crippen molar-refractivity contribution in [1.82, 2.24) is 0 Å². The second-order valence-electron chi connectivity index (χ2n) is 3.63. The fraction of sp³-hybridized carbons (Fsp3) is 0.600. The topological polar surface area (TPSA) is 20.2 Å². The smallest absolute Gasteiger partial charge is 0.103 e. The molecule has 12 heavy (non-hydrogen) atoms. The van der Waals surface area contributed by atoms with E-state index in [0.717, 1.165) is 0 Å². The lowest BCUT2D eigenvalue weighted by Gasteiger charge is -2.32. The highest BCUT2D eigenvalue weighted by atomic mass is 35.5. The maximum Gasteiger partial charge on any atom is 0.103 e. The molecule has 1 nitrogen and oxygen atoms in total. The third kappa shape index (κ3) is 1.90. The molecule has 1 N–H and O–H groups in total. The number of halogens is 1. The lowest BCUT2D eigenvalue weighted by Crippen LogP contribution is -2.40. The second kappa shape index (κ2) is 3.63. The molecular formula is C10H15ClO. The highest BCUT2D eigenvalue weighted by molar-refractivity contribution is 6.21. The molecular weight excluding hydrogens is 172 g/mol. The van der Waals surface area contributed by atoms with Gasteiger partial charge in [-0.2, -0.15) is 0 Å². The van der Waals surface area contributed by atoms with Gasteiger partial charge in [-0.3, -0.25) is 0 Å². The van der Waals surface area contributed by atoms with Crippen LogP contribution in [0.15, 0.2) is 24.3 Å². The Bertz CT molecular complexity index is 208. The van der Waals surface area contributed by atoms with E-state index in [1.165, 1.54) is 0 Å². The standard InChI is InChI=1S/C10H15ClO/c1-8(2)9(11)10(12)6-4-3-5-7-10/h3-6,8-9,12H,7H2,1-2H3. The van der Waals surface area contributed by atoms with Crippen LogP contribution in [0.5, 0.6) is 0 Å². The van der Waals surface area contributed by atoms with E-state index in [4.69, 9.17) is 11.6 Å². The van der Waals surface area contributed by atoms with Crippen LogP contribution >= 0.6 is 11.6 Å². The average Bonchev–Trinajstić information content (AvgIpc) is 2.04. The molecule has 0 heterocycles. The lowest BCUT2D eigenvalue weighted by molar-refractivity contribution is 0.0746. The fourth-order valence-electron chi connectivity index (χ4n) is 1.41. The first-order valence-electron chi connectivity index (χ1n) is 4.27. The third-order valence-electron chi connectivity index (χ3n) is 2.14. The molecule has 0 aliphatic heterocycles. The van der Waals surface area contributed by atoms with Crippen LogP contribution in [0.25, 0.3) is 0 Å². The van der Waals surface area contributed by atoms with E-state index in [9.17, 15) is 5.11 Å². The van der Waals surface area contributed by atoms with Gasteiger partial charge in [-0.15, -0.1) is 11.6 Å².